The molecule has 0 spiro atoms. The van der Waals surface area contributed by atoms with Gasteiger partial charge in [0.1, 0.15) is 0 Å². The summed E-state index contributed by atoms with van der Waals surface area (Å²) in [7, 11) is -3.63. The molecule has 3 N–H and O–H groups in total. The number of aliphatic imine (C=N–C) groups is 1. The van der Waals surface area contributed by atoms with E-state index in [4.69, 9.17) is 5.14 Å². The van der Waals surface area contributed by atoms with E-state index in [9.17, 15) is 8.42 Å². The summed E-state index contributed by atoms with van der Waals surface area (Å²) in [6.45, 7) is 4.24. The van der Waals surface area contributed by atoms with Gasteiger partial charge < -0.3 is 5.32 Å². The summed E-state index contributed by atoms with van der Waals surface area (Å²) in [6.07, 6.45) is 0.996. The number of nitrogens with one attached hydrogen (secondary N) is 1. The predicted molar refractivity (Wildman–Crippen MR) is 80.0 cm³/mol. The van der Waals surface area contributed by atoms with Crippen molar-refractivity contribution in [1.29, 1.82) is 0 Å². The lowest BCUT2D eigenvalue weighted by Gasteiger charge is -2.15. The van der Waals surface area contributed by atoms with E-state index in [1.807, 2.05) is 0 Å². The van der Waals surface area contributed by atoms with E-state index in [0.717, 1.165) is 23.0 Å². The maximum absolute atomic E-state index is 11.1. The molecule has 5 nitrogen and oxygen atoms in total. The van der Waals surface area contributed by atoms with Gasteiger partial charge in [0.25, 0.3) is 0 Å². The third kappa shape index (κ3) is 3.49. The van der Waals surface area contributed by atoms with Crippen LogP contribution in [0.2, 0.25) is 0 Å². The Bertz CT molecular complexity index is 596. The first-order chi connectivity index (χ1) is 8.82. The minimum Gasteiger partial charge on any atom is -0.335 e. The van der Waals surface area contributed by atoms with Crippen LogP contribution >= 0.6 is 11.8 Å². The Morgan fingerprint density at radius 3 is 2.53 bits per heavy atom. The Morgan fingerprint density at radius 2 is 2.05 bits per heavy atom. The molecule has 1 aromatic rings. The van der Waals surface area contributed by atoms with Crippen LogP contribution in [0.3, 0.4) is 0 Å². The van der Waals surface area contributed by atoms with E-state index in [2.05, 4.69) is 24.2 Å². The van der Waals surface area contributed by atoms with E-state index in [1.54, 1.807) is 23.9 Å². The number of nitrogens with two attached hydrogens (primary N) is 1. The summed E-state index contributed by atoms with van der Waals surface area (Å²) in [6, 6.07) is 6.34. The van der Waals surface area contributed by atoms with Crippen LogP contribution in [0.5, 0.6) is 0 Å². The van der Waals surface area contributed by atoms with Gasteiger partial charge in [0.05, 0.1) is 10.4 Å². The Morgan fingerprint density at radius 1 is 1.42 bits per heavy atom. The Labute approximate surface area is 117 Å². The van der Waals surface area contributed by atoms with Gasteiger partial charge in [0.2, 0.25) is 10.0 Å². The molecule has 1 aliphatic heterocycles. The van der Waals surface area contributed by atoms with E-state index >= 15 is 0 Å². The number of hydrogen-bond donors (Lipinski definition) is 2. The topological polar surface area (TPSA) is 84.5 Å². The lowest BCUT2D eigenvalue weighted by molar-refractivity contribution is 0.523. The Hall–Kier alpha value is -1.05. The van der Waals surface area contributed by atoms with Crippen molar-refractivity contribution in [3.63, 3.8) is 0 Å². The number of benzene rings is 1. The van der Waals surface area contributed by atoms with Gasteiger partial charge in [-0.15, -0.1) is 0 Å². The number of sulfonamides is 1. The number of thioether (sulfide) groups is 1. The summed E-state index contributed by atoms with van der Waals surface area (Å²) < 4.78 is 22.3. The molecule has 104 valence electrons. The van der Waals surface area contributed by atoms with E-state index in [0.29, 0.717) is 0 Å². The van der Waals surface area contributed by atoms with Crippen LogP contribution in [-0.4, -0.2) is 24.9 Å². The van der Waals surface area contributed by atoms with Gasteiger partial charge in [-0.05, 0) is 37.6 Å². The van der Waals surface area contributed by atoms with Crippen LogP contribution < -0.4 is 10.5 Å². The quantitative estimate of drug-likeness (QED) is 0.894. The van der Waals surface area contributed by atoms with Crippen LogP contribution in [0.1, 0.15) is 20.3 Å². The highest BCUT2D eigenvalue weighted by Crippen LogP contribution is 2.30. The second kappa shape index (κ2) is 5.15. The average molecular weight is 299 g/mol. The number of rotatable bonds is 3. The molecule has 2 rings (SSSR count). The molecule has 1 atom stereocenters. The van der Waals surface area contributed by atoms with Gasteiger partial charge in [-0.1, -0.05) is 18.7 Å². The second-order valence-electron chi connectivity index (χ2n) is 4.75. The Balaban J connectivity index is 2.11. The monoisotopic (exact) mass is 299 g/mol. The lowest BCUT2D eigenvalue weighted by atomic mass is 10.0. The molecule has 1 aromatic carbocycles. The molecule has 1 heterocycles. The number of hydrogen-bond acceptors (Lipinski definition) is 5. The maximum Gasteiger partial charge on any atom is 0.238 e. The first-order valence-corrected chi connectivity index (χ1v) is 8.48. The fraction of sp³-hybridized carbons (Fsp3) is 0.417. The summed E-state index contributed by atoms with van der Waals surface area (Å²) in [5.41, 5.74) is 0.798. The van der Waals surface area contributed by atoms with E-state index < -0.39 is 10.0 Å². The zero-order valence-electron chi connectivity index (χ0n) is 10.9. The van der Waals surface area contributed by atoms with Crippen molar-refractivity contribution in [1.82, 2.24) is 0 Å². The zero-order chi connectivity index (χ0) is 14.1. The number of nitrogens with zero attached hydrogens (tertiary/aromatic N) is 1. The number of anilines is 1. The maximum atomic E-state index is 11.1. The van der Waals surface area contributed by atoms with Gasteiger partial charge in [-0.3, -0.25) is 4.99 Å². The molecule has 0 fully saturated rings. The Kier molecular flexibility index (Phi) is 3.89. The fourth-order valence-corrected chi connectivity index (χ4v) is 3.34. The van der Waals surface area contributed by atoms with Crippen molar-refractivity contribution < 1.29 is 8.42 Å². The SMILES string of the molecule is CCC1(C)CSC(Nc2ccc(S(N)(=O)=O)cc2)=N1. The van der Waals surface area contributed by atoms with Crippen molar-refractivity contribution in [3.05, 3.63) is 24.3 Å². The first kappa shape index (κ1) is 14.4. The standard InChI is InChI=1S/C12H17N3O2S2/c1-3-12(2)8-18-11(15-12)14-9-4-6-10(7-5-9)19(13,16)17/h4-7H,3,8H2,1-2H3,(H,14,15)(H2,13,16,17). The summed E-state index contributed by atoms with van der Waals surface area (Å²) >= 11 is 1.67. The molecule has 0 aromatic heterocycles. The summed E-state index contributed by atoms with van der Waals surface area (Å²) in [5.74, 6) is 0.959. The molecular formula is C12H17N3O2S2. The molecule has 7 heteroatoms. The van der Waals surface area contributed by atoms with Crippen molar-refractivity contribution in [2.75, 3.05) is 11.1 Å². The highest BCUT2D eigenvalue weighted by atomic mass is 32.2. The molecule has 19 heavy (non-hydrogen) atoms. The van der Waals surface area contributed by atoms with Crippen molar-refractivity contribution in [2.45, 2.75) is 30.7 Å². The molecule has 0 bridgehead atoms. The molecule has 0 radical (unpaired) electrons. The third-order valence-corrected chi connectivity index (χ3v) is 5.25. The van der Waals surface area contributed by atoms with Crippen LogP contribution in [0.15, 0.2) is 34.2 Å². The minimum absolute atomic E-state index is 0.00641. The third-order valence-electron chi connectivity index (χ3n) is 3.09. The van der Waals surface area contributed by atoms with Gasteiger partial charge in [0, 0.05) is 11.4 Å². The summed E-state index contributed by atoms with van der Waals surface area (Å²) in [5, 5.41) is 9.10. The van der Waals surface area contributed by atoms with Gasteiger partial charge in [-0.2, -0.15) is 0 Å². The molecule has 0 aliphatic carbocycles. The molecule has 0 saturated heterocycles. The minimum atomic E-state index is -3.63. The number of amidine groups is 1. The second-order valence-corrected chi connectivity index (χ2v) is 7.28. The first-order valence-electron chi connectivity index (χ1n) is 5.95. The van der Waals surface area contributed by atoms with Crippen molar-refractivity contribution >= 4 is 32.6 Å². The molecule has 0 saturated carbocycles. The van der Waals surface area contributed by atoms with Crippen molar-refractivity contribution in [2.24, 2.45) is 10.1 Å². The van der Waals surface area contributed by atoms with Crippen LogP contribution in [0.25, 0.3) is 0 Å². The lowest BCUT2D eigenvalue weighted by Crippen LogP contribution is -2.20. The predicted octanol–water partition coefficient (Wildman–Crippen LogP) is 2.02. The van der Waals surface area contributed by atoms with Crippen molar-refractivity contribution in [3.8, 4) is 0 Å². The van der Waals surface area contributed by atoms with Gasteiger partial charge in [-0.25, -0.2) is 13.6 Å². The van der Waals surface area contributed by atoms with E-state index in [1.165, 1.54) is 12.1 Å². The van der Waals surface area contributed by atoms with Gasteiger partial charge >= 0.3 is 0 Å². The van der Waals surface area contributed by atoms with Crippen LogP contribution in [0, 0.1) is 0 Å². The highest BCUT2D eigenvalue weighted by Gasteiger charge is 2.28. The molecule has 1 unspecified atom stereocenters. The number of primary sulfonamides is 1. The fourth-order valence-electron chi connectivity index (χ4n) is 1.63. The molecular weight excluding hydrogens is 282 g/mol. The van der Waals surface area contributed by atoms with Crippen LogP contribution in [0.4, 0.5) is 5.69 Å². The zero-order valence-corrected chi connectivity index (χ0v) is 12.5. The average Bonchev–Trinajstić information content (AvgIpc) is 2.71. The van der Waals surface area contributed by atoms with E-state index in [-0.39, 0.29) is 10.4 Å². The van der Waals surface area contributed by atoms with Gasteiger partial charge in [0.15, 0.2) is 5.17 Å². The largest absolute Gasteiger partial charge is 0.335 e. The molecule has 1 aliphatic rings. The molecule has 0 amide bonds. The highest BCUT2D eigenvalue weighted by molar-refractivity contribution is 8.14. The summed E-state index contributed by atoms with van der Waals surface area (Å²) in [4.78, 5) is 4.74. The smallest absolute Gasteiger partial charge is 0.238 e. The normalized spacial score (nSPS) is 23.2. The van der Waals surface area contributed by atoms with Crippen LogP contribution in [-0.2, 0) is 10.0 Å².